The maximum Gasteiger partial charge on any atom is 0.216 e. The second-order valence-electron chi connectivity index (χ2n) is 3.90. The highest BCUT2D eigenvalue weighted by molar-refractivity contribution is 5.81. The number of hydrogen-bond acceptors (Lipinski definition) is 3. The van der Waals surface area contributed by atoms with E-state index in [1.54, 1.807) is 18.2 Å². The first-order chi connectivity index (χ1) is 7.66. The van der Waals surface area contributed by atoms with Crippen molar-refractivity contribution in [1.29, 1.82) is 0 Å². The molecule has 1 aliphatic rings. The summed E-state index contributed by atoms with van der Waals surface area (Å²) in [6.45, 7) is 2.13. The maximum atomic E-state index is 10.7. The third kappa shape index (κ3) is 2.21. The van der Waals surface area contributed by atoms with Crippen LogP contribution in [0.5, 0.6) is 5.75 Å². The Hall–Kier alpha value is -1.84. The van der Waals surface area contributed by atoms with Crippen molar-refractivity contribution in [2.45, 2.75) is 19.3 Å². The van der Waals surface area contributed by atoms with E-state index in [1.807, 2.05) is 6.21 Å². The number of phenolic OH excluding ortho intramolecular Hbond substituents is 1. The average Bonchev–Trinajstić information content (AvgIpc) is 2.60. The van der Waals surface area contributed by atoms with E-state index in [0.29, 0.717) is 6.54 Å². The molecule has 0 aliphatic carbocycles. The van der Waals surface area contributed by atoms with Gasteiger partial charge >= 0.3 is 0 Å². The molecule has 1 aromatic carbocycles. The van der Waals surface area contributed by atoms with Crippen LogP contribution in [-0.2, 0) is 4.79 Å². The fraction of sp³-hybridized carbons (Fsp3) is 0.333. The molecule has 2 N–H and O–H groups in total. The Morgan fingerprint density at radius 1 is 1.56 bits per heavy atom. The Morgan fingerprint density at radius 2 is 2.38 bits per heavy atom. The summed E-state index contributed by atoms with van der Waals surface area (Å²) in [4.78, 5) is 15.0. The molecule has 16 heavy (non-hydrogen) atoms. The summed E-state index contributed by atoms with van der Waals surface area (Å²) in [5.74, 6) is 0.425. The minimum absolute atomic E-state index is 0.0222. The van der Waals surface area contributed by atoms with Crippen LogP contribution >= 0.6 is 0 Å². The van der Waals surface area contributed by atoms with Gasteiger partial charge in [-0.1, -0.05) is 0 Å². The molecule has 4 heteroatoms. The predicted molar refractivity (Wildman–Crippen MR) is 62.3 cm³/mol. The number of fused-ring (bicyclic) bond motifs is 1. The second kappa shape index (κ2) is 4.35. The lowest BCUT2D eigenvalue weighted by Crippen LogP contribution is -2.22. The number of benzene rings is 1. The zero-order valence-electron chi connectivity index (χ0n) is 9.10. The largest absolute Gasteiger partial charge is 0.508 e. The van der Waals surface area contributed by atoms with E-state index < -0.39 is 0 Å². The van der Waals surface area contributed by atoms with E-state index >= 15 is 0 Å². The summed E-state index contributed by atoms with van der Waals surface area (Å²) in [5.41, 5.74) is 1.94. The van der Waals surface area contributed by atoms with Gasteiger partial charge in [0, 0.05) is 25.6 Å². The third-order valence-electron chi connectivity index (χ3n) is 2.63. The number of phenols is 1. The van der Waals surface area contributed by atoms with Gasteiger partial charge < -0.3 is 10.4 Å². The van der Waals surface area contributed by atoms with Crippen molar-refractivity contribution in [2.75, 3.05) is 6.54 Å². The number of aromatic hydroxyl groups is 1. The molecular formula is C12H14N2O2. The highest BCUT2D eigenvalue weighted by atomic mass is 16.3. The number of rotatable bonds is 3. The van der Waals surface area contributed by atoms with E-state index in [9.17, 15) is 9.90 Å². The SMILES string of the molecule is CC(=O)NCC[C@@H]1C=Nc2ccc(O)cc21. The van der Waals surface area contributed by atoms with E-state index in [1.165, 1.54) is 6.92 Å². The van der Waals surface area contributed by atoms with Crippen molar-refractivity contribution in [3.05, 3.63) is 23.8 Å². The molecule has 84 valence electrons. The standard InChI is InChI=1S/C12H14N2O2/c1-8(15)13-5-4-9-7-14-12-3-2-10(16)6-11(9)12/h2-3,6-7,9,16H,4-5H2,1H3,(H,13,15)/t9-/m1/s1. The van der Waals surface area contributed by atoms with Crippen molar-refractivity contribution in [3.63, 3.8) is 0 Å². The van der Waals surface area contributed by atoms with Crippen LogP contribution in [0.4, 0.5) is 5.69 Å². The minimum atomic E-state index is -0.0222. The van der Waals surface area contributed by atoms with E-state index in [4.69, 9.17) is 0 Å². The molecule has 1 aliphatic heterocycles. The lowest BCUT2D eigenvalue weighted by molar-refractivity contribution is -0.118. The number of nitrogens with one attached hydrogen (secondary N) is 1. The van der Waals surface area contributed by atoms with Crippen LogP contribution in [-0.4, -0.2) is 23.8 Å². The zero-order valence-corrected chi connectivity index (χ0v) is 9.10. The van der Waals surface area contributed by atoms with Gasteiger partial charge in [0.2, 0.25) is 5.91 Å². The Labute approximate surface area is 94.0 Å². The lowest BCUT2D eigenvalue weighted by Gasteiger charge is -2.09. The van der Waals surface area contributed by atoms with Gasteiger partial charge in [0.1, 0.15) is 5.75 Å². The van der Waals surface area contributed by atoms with Crippen molar-refractivity contribution in [2.24, 2.45) is 4.99 Å². The van der Waals surface area contributed by atoms with Crippen LogP contribution in [0.25, 0.3) is 0 Å². The fourth-order valence-electron chi connectivity index (χ4n) is 1.84. The molecule has 1 heterocycles. The Kier molecular flexibility index (Phi) is 2.90. The highest BCUT2D eigenvalue weighted by Gasteiger charge is 2.18. The molecule has 0 aromatic heterocycles. The van der Waals surface area contributed by atoms with Gasteiger partial charge in [-0.15, -0.1) is 0 Å². The van der Waals surface area contributed by atoms with Gasteiger partial charge in [0.15, 0.2) is 0 Å². The van der Waals surface area contributed by atoms with Crippen LogP contribution in [0.3, 0.4) is 0 Å². The summed E-state index contributed by atoms with van der Waals surface area (Å²) in [6, 6.07) is 5.17. The molecular weight excluding hydrogens is 204 g/mol. The van der Waals surface area contributed by atoms with E-state index in [0.717, 1.165) is 17.7 Å². The molecule has 0 radical (unpaired) electrons. The predicted octanol–water partition coefficient (Wildman–Crippen LogP) is 1.72. The first-order valence-corrected chi connectivity index (χ1v) is 5.28. The molecule has 0 bridgehead atoms. The van der Waals surface area contributed by atoms with Gasteiger partial charge in [-0.05, 0) is 30.2 Å². The number of amides is 1. The zero-order chi connectivity index (χ0) is 11.5. The van der Waals surface area contributed by atoms with Crippen LogP contribution in [0, 0.1) is 0 Å². The van der Waals surface area contributed by atoms with Gasteiger partial charge in [-0.25, -0.2) is 0 Å². The maximum absolute atomic E-state index is 10.7. The smallest absolute Gasteiger partial charge is 0.216 e. The third-order valence-corrected chi connectivity index (χ3v) is 2.63. The van der Waals surface area contributed by atoms with Gasteiger partial charge in [0.05, 0.1) is 5.69 Å². The normalized spacial score (nSPS) is 17.2. The topological polar surface area (TPSA) is 61.7 Å². The van der Waals surface area contributed by atoms with Gasteiger partial charge in [-0.2, -0.15) is 0 Å². The molecule has 0 spiro atoms. The summed E-state index contributed by atoms with van der Waals surface area (Å²) in [5, 5.41) is 12.2. The van der Waals surface area contributed by atoms with Crippen LogP contribution in [0.1, 0.15) is 24.8 Å². The first kappa shape index (κ1) is 10.7. The van der Waals surface area contributed by atoms with Crippen molar-refractivity contribution in [3.8, 4) is 5.75 Å². The van der Waals surface area contributed by atoms with Crippen LogP contribution in [0.15, 0.2) is 23.2 Å². The van der Waals surface area contributed by atoms with Crippen molar-refractivity contribution in [1.82, 2.24) is 5.32 Å². The summed E-state index contributed by atoms with van der Waals surface area (Å²) in [6.07, 6.45) is 2.67. The number of carbonyl (C=O) groups is 1. The number of carbonyl (C=O) groups excluding carboxylic acids is 1. The van der Waals surface area contributed by atoms with E-state index in [-0.39, 0.29) is 17.6 Å². The Balaban J connectivity index is 2.02. The number of nitrogens with zero attached hydrogens (tertiary/aromatic N) is 1. The molecule has 1 atom stereocenters. The second-order valence-corrected chi connectivity index (χ2v) is 3.90. The quantitative estimate of drug-likeness (QED) is 0.811. The monoisotopic (exact) mass is 218 g/mol. The van der Waals surface area contributed by atoms with Gasteiger partial charge in [0.25, 0.3) is 0 Å². The summed E-state index contributed by atoms with van der Waals surface area (Å²) in [7, 11) is 0. The molecule has 4 nitrogen and oxygen atoms in total. The lowest BCUT2D eigenvalue weighted by atomic mass is 9.97. The van der Waals surface area contributed by atoms with Gasteiger partial charge in [-0.3, -0.25) is 9.79 Å². The Morgan fingerprint density at radius 3 is 3.12 bits per heavy atom. The van der Waals surface area contributed by atoms with E-state index in [2.05, 4.69) is 10.3 Å². The highest BCUT2D eigenvalue weighted by Crippen LogP contribution is 2.35. The van der Waals surface area contributed by atoms with Crippen molar-refractivity contribution >= 4 is 17.8 Å². The molecule has 0 saturated heterocycles. The molecule has 0 saturated carbocycles. The van der Waals surface area contributed by atoms with Crippen LogP contribution < -0.4 is 5.32 Å². The fourth-order valence-corrected chi connectivity index (χ4v) is 1.84. The molecule has 1 aromatic rings. The average molecular weight is 218 g/mol. The summed E-state index contributed by atoms with van der Waals surface area (Å²) < 4.78 is 0. The number of hydrogen-bond donors (Lipinski definition) is 2. The van der Waals surface area contributed by atoms with Crippen molar-refractivity contribution < 1.29 is 9.90 Å². The molecule has 0 unspecified atom stereocenters. The molecule has 1 amide bonds. The Bertz CT molecular complexity index is 441. The molecule has 0 fully saturated rings. The summed E-state index contributed by atoms with van der Waals surface area (Å²) >= 11 is 0. The first-order valence-electron chi connectivity index (χ1n) is 5.28. The molecule has 2 rings (SSSR count). The van der Waals surface area contributed by atoms with Crippen LogP contribution in [0.2, 0.25) is 0 Å². The minimum Gasteiger partial charge on any atom is -0.508 e. The number of aliphatic imine (C=N–C) groups is 1.